The smallest absolute Gasteiger partial charge is 0.191 e. The maximum Gasteiger partial charge on any atom is 0.191 e. The Morgan fingerprint density at radius 1 is 1.42 bits per heavy atom. The topological polar surface area (TPSA) is 86.9 Å². The fraction of sp³-hybridized carbons (Fsp3) is 0.778. The highest BCUT2D eigenvalue weighted by Crippen LogP contribution is 2.19. The minimum absolute atomic E-state index is 0.270. The second kappa shape index (κ2) is 9.89. The molecular weight excluding hydrogens is 332 g/mol. The van der Waals surface area contributed by atoms with Gasteiger partial charge in [0.15, 0.2) is 5.96 Å². The van der Waals surface area contributed by atoms with Crippen molar-refractivity contribution >= 4 is 5.96 Å². The molecular formula is C18H34N6O2. The van der Waals surface area contributed by atoms with E-state index in [1.165, 1.54) is 0 Å². The van der Waals surface area contributed by atoms with Crippen molar-refractivity contribution in [1.82, 2.24) is 25.3 Å². The standard InChI is InChI=1S/C18H34N6O2/c1-5-19-17(20-10-15(2)12-24-6-8-26-9-7-24)21-14-18(3,25)16-11-22-23(4)13-16/h11,13,15,25H,5-10,12,14H2,1-4H3,(H2,19,20,21). The Morgan fingerprint density at radius 2 is 2.15 bits per heavy atom. The van der Waals surface area contributed by atoms with Gasteiger partial charge in [0.2, 0.25) is 0 Å². The van der Waals surface area contributed by atoms with Crippen LogP contribution in [0.1, 0.15) is 26.3 Å². The fourth-order valence-corrected chi connectivity index (χ4v) is 2.93. The molecule has 1 saturated heterocycles. The van der Waals surface area contributed by atoms with E-state index in [2.05, 4.69) is 32.5 Å². The van der Waals surface area contributed by atoms with Gasteiger partial charge < -0.3 is 20.5 Å². The minimum atomic E-state index is -1.05. The monoisotopic (exact) mass is 366 g/mol. The number of aromatic nitrogens is 2. The summed E-state index contributed by atoms with van der Waals surface area (Å²) in [5.41, 5.74) is -0.281. The number of morpholine rings is 1. The number of nitrogens with one attached hydrogen (secondary N) is 2. The fourth-order valence-electron chi connectivity index (χ4n) is 2.93. The summed E-state index contributed by atoms with van der Waals surface area (Å²) in [6.07, 6.45) is 3.50. The Hall–Kier alpha value is -1.64. The molecule has 0 bridgehead atoms. The van der Waals surface area contributed by atoms with Crippen molar-refractivity contribution in [2.24, 2.45) is 18.0 Å². The molecule has 1 aromatic heterocycles. The van der Waals surface area contributed by atoms with Crippen LogP contribution in [-0.4, -0.2) is 78.2 Å². The largest absolute Gasteiger partial charge is 0.383 e. The maximum atomic E-state index is 10.7. The molecule has 3 N–H and O–H groups in total. The van der Waals surface area contributed by atoms with Crippen molar-refractivity contribution < 1.29 is 9.84 Å². The van der Waals surface area contributed by atoms with Gasteiger partial charge in [0.05, 0.1) is 26.0 Å². The van der Waals surface area contributed by atoms with E-state index in [1.54, 1.807) is 17.8 Å². The van der Waals surface area contributed by atoms with Crippen LogP contribution in [0.5, 0.6) is 0 Å². The molecule has 0 spiro atoms. The minimum Gasteiger partial charge on any atom is -0.383 e. The third-order valence-corrected chi connectivity index (χ3v) is 4.51. The van der Waals surface area contributed by atoms with Crippen LogP contribution in [0.2, 0.25) is 0 Å². The number of nitrogens with zero attached hydrogens (tertiary/aromatic N) is 4. The number of guanidine groups is 1. The second-order valence-electron chi connectivity index (χ2n) is 7.27. The van der Waals surface area contributed by atoms with Crippen LogP contribution in [0.4, 0.5) is 0 Å². The van der Waals surface area contributed by atoms with Gasteiger partial charge in [-0.3, -0.25) is 9.58 Å². The molecule has 2 heterocycles. The van der Waals surface area contributed by atoms with Crippen molar-refractivity contribution in [1.29, 1.82) is 0 Å². The zero-order chi connectivity index (χ0) is 19.0. The molecule has 1 aromatic rings. The number of hydrogen-bond donors (Lipinski definition) is 3. The molecule has 1 aliphatic rings. The number of aliphatic hydroxyl groups is 1. The lowest BCUT2D eigenvalue weighted by Crippen LogP contribution is -2.44. The van der Waals surface area contributed by atoms with Gasteiger partial charge in [-0.1, -0.05) is 6.92 Å². The number of aryl methyl sites for hydroxylation is 1. The summed E-state index contributed by atoms with van der Waals surface area (Å²) in [6, 6.07) is 0. The number of rotatable bonds is 8. The molecule has 1 aliphatic heterocycles. The third-order valence-electron chi connectivity index (χ3n) is 4.51. The average Bonchev–Trinajstić information content (AvgIpc) is 3.06. The third kappa shape index (κ3) is 6.59. The second-order valence-corrected chi connectivity index (χ2v) is 7.27. The summed E-state index contributed by atoms with van der Waals surface area (Å²) >= 11 is 0. The van der Waals surface area contributed by atoms with E-state index in [-0.39, 0.29) is 6.54 Å². The maximum absolute atomic E-state index is 10.7. The molecule has 148 valence electrons. The van der Waals surface area contributed by atoms with Gasteiger partial charge in [-0.05, 0) is 19.8 Å². The first kappa shape index (κ1) is 20.7. The molecule has 2 rings (SSSR count). The molecule has 0 aliphatic carbocycles. The van der Waals surface area contributed by atoms with Gasteiger partial charge in [0.25, 0.3) is 0 Å². The normalized spacial score (nSPS) is 19.8. The first-order chi connectivity index (χ1) is 12.4. The molecule has 0 saturated carbocycles. The highest BCUT2D eigenvalue weighted by Gasteiger charge is 2.24. The van der Waals surface area contributed by atoms with Gasteiger partial charge in [0, 0.05) is 51.5 Å². The van der Waals surface area contributed by atoms with E-state index in [0.29, 0.717) is 5.92 Å². The summed E-state index contributed by atoms with van der Waals surface area (Å²) in [5, 5.41) is 21.4. The summed E-state index contributed by atoms with van der Waals surface area (Å²) in [7, 11) is 1.84. The molecule has 0 amide bonds. The van der Waals surface area contributed by atoms with Gasteiger partial charge >= 0.3 is 0 Å². The first-order valence-corrected chi connectivity index (χ1v) is 9.44. The highest BCUT2D eigenvalue weighted by molar-refractivity contribution is 5.79. The van der Waals surface area contributed by atoms with Crippen molar-refractivity contribution in [3.05, 3.63) is 18.0 Å². The molecule has 8 heteroatoms. The Balaban J connectivity index is 1.85. The van der Waals surface area contributed by atoms with Crippen molar-refractivity contribution in [2.75, 3.05) is 52.5 Å². The van der Waals surface area contributed by atoms with E-state index < -0.39 is 5.60 Å². The van der Waals surface area contributed by atoms with E-state index in [4.69, 9.17) is 4.74 Å². The van der Waals surface area contributed by atoms with Crippen LogP contribution in [0.15, 0.2) is 17.4 Å². The summed E-state index contributed by atoms with van der Waals surface area (Å²) < 4.78 is 7.08. The van der Waals surface area contributed by atoms with Crippen LogP contribution < -0.4 is 10.6 Å². The first-order valence-electron chi connectivity index (χ1n) is 9.44. The van der Waals surface area contributed by atoms with Crippen LogP contribution >= 0.6 is 0 Å². The lowest BCUT2D eigenvalue weighted by molar-refractivity contribution is 0.0320. The van der Waals surface area contributed by atoms with E-state index in [0.717, 1.165) is 57.5 Å². The summed E-state index contributed by atoms with van der Waals surface area (Å²) in [4.78, 5) is 7.00. The SMILES string of the molecule is CCNC(=NCC(C)(O)c1cnn(C)c1)NCC(C)CN1CCOCC1. The lowest BCUT2D eigenvalue weighted by Gasteiger charge is -2.29. The molecule has 26 heavy (non-hydrogen) atoms. The van der Waals surface area contributed by atoms with Crippen LogP contribution in [0.25, 0.3) is 0 Å². The predicted molar refractivity (Wildman–Crippen MR) is 103 cm³/mol. The van der Waals surface area contributed by atoms with Gasteiger partial charge in [-0.25, -0.2) is 4.99 Å². The van der Waals surface area contributed by atoms with Gasteiger partial charge in [-0.15, -0.1) is 0 Å². The highest BCUT2D eigenvalue weighted by atomic mass is 16.5. The Bertz CT molecular complexity index is 566. The van der Waals surface area contributed by atoms with Crippen molar-refractivity contribution in [3.8, 4) is 0 Å². The molecule has 2 unspecified atom stereocenters. The van der Waals surface area contributed by atoms with Crippen molar-refractivity contribution in [2.45, 2.75) is 26.4 Å². The van der Waals surface area contributed by atoms with Crippen LogP contribution in [0.3, 0.4) is 0 Å². The van der Waals surface area contributed by atoms with Gasteiger partial charge in [-0.2, -0.15) is 5.10 Å². The molecule has 8 nitrogen and oxygen atoms in total. The van der Waals surface area contributed by atoms with E-state index in [1.807, 2.05) is 20.2 Å². The predicted octanol–water partition coefficient (Wildman–Crippen LogP) is 0.151. The lowest BCUT2D eigenvalue weighted by atomic mass is 10.0. The molecule has 1 fully saturated rings. The zero-order valence-electron chi connectivity index (χ0n) is 16.5. The number of hydrogen-bond acceptors (Lipinski definition) is 5. The van der Waals surface area contributed by atoms with E-state index in [9.17, 15) is 5.11 Å². The summed E-state index contributed by atoms with van der Waals surface area (Å²) in [6.45, 7) is 12.6. The zero-order valence-corrected chi connectivity index (χ0v) is 16.5. The van der Waals surface area contributed by atoms with Crippen LogP contribution in [-0.2, 0) is 17.4 Å². The molecule has 0 aromatic carbocycles. The Kier molecular flexibility index (Phi) is 7.86. The molecule has 0 radical (unpaired) electrons. The van der Waals surface area contributed by atoms with E-state index >= 15 is 0 Å². The average molecular weight is 367 g/mol. The van der Waals surface area contributed by atoms with Crippen LogP contribution in [0, 0.1) is 5.92 Å². The van der Waals surface area contributed by atoms with Gasteiger partial charge in [0.1, 0.15) is 5.60 Å². The quantitative estimate of drug-likeness (QED) is 0.449. The Morgan fingerprint density at radius 3 is 2.77 bits per heavy atom. The Labute approximate surface area is 156 Å². The number of aliphatic imine (C=N–C) groups is 1. The van der Waals surface area contributed by atoms with Crippen molar-refractivity contribution in [3.63, 3.8) is 0 Å². The summed E-state index contributed by atoms with van der Waals surface area (Å²) in [5.74, 6) is 1.22. The number of ether oxygens (including phenoxy) is 1. The molecule has 2 atom stereocenters.